The summed E-state index contributed by atoms with van der Waals surface area (Å²) in [5, 5.41) is 0. The van der Waals surface area contributed by atoms with Crippen LogP contribution in [0.4, 0.5) is 0 Å². The fourth-order valence-corrected chi connectivity index (χ4v) is 1.15. The average molecular weight is 186 g/mol. The molecule has 0 atom stereocenters. The van der Waals surface area contributed by atoms with Gasteiger partial charge in [-0.05, 0) is 13.8 Å². The van der Waals surface area contributed by atoms with Crippen LogP contribution in [0.1, 0.15) is 18.2 Å². The van der Waals surface area contributed by atoms with Gasteiger partial charge in [-0.2, -0.15) is 0 Å². The fraction of sp³-hybridized carbons (Fsp3) is 0.444. The maximum Gasteiger partial charge on any atom is 0.127 e. The molecule has 0 amide bonds. The molecule has 1 aromatic rings. The molecule has 12 heavy (non-hydrogen) atoms. The van der Waals surface area contributed by atoms with E-state index in [0.29, 0.717) is 12.5 Å². The van der Waals surface area contributed by atoms with Crippen LogP contribution in [0.3, 0.4) is 0 Å². The van der Waals surface area contributed by atoms with Crippen LogP contribution in [0.2, 0.25) is 0 Å². The molecular weight excluding hydrogens is 174 g/mol. The third-order valence-corrected chi connectivity index (χ3v) is 1.81. The summed E-state index contributed by atoms with van der Waals surface area (Å²) in [6, 6.07) is 1.90. The normalized spacial score (nSPS) is 9.92. The van der Waals surface area contributed by atoms with Gasteiger partial charge in [0.1, 0.15) is 5.75 Å². The van der Waals surface area contributed by atoms with Crippen LogP contribution < -0.4 is 4.74 Å². The largest absolute Gasteiger partial charge is 0.493 e. The Kier molecular flexibility index (Phi) is 3.35. The van der Waals surface area contributed by atoms with Crippen LogP contribution in [0.15, 0.2) is 12.3 Å². The van der Waals surface area contributed by atoms with Gasteiger partial charge in [0, 0.05) is 23.5 Å². The molecule has 0 saturated heterocycles. The highest BCUT2D eigenvalue weighted by atomic mass is 35.5. The first-order valence-electron chi connectivity index (χ1n) is 3.92. The first-order valence-corrected chi connectivity index (χ1v) is 4.45. The third-order valence-electron chi connectivity index (χ3n) is 1.52. The summed E-state index contributed by atoms with van der Waals surface area (Å²) in [6.45, 7) is 4.54. The van der Waals surface area contributed by atoms with Crippen molar-refractivity contribution in [3.8, 4) is 5.75 Å². The second-order valence-corrected chi connectivity index (χ2v) is 2.77. The van der Waals surface area contributed by atoms with Crippen molar-refractivity contribution in [3.05, 3.63) is 23.5 Å². The molecule has 0 radical (unpaired) electrons. The summed E-state index contributed by atoms with van der Waals surface area (Å²) in [6.07, 6.45) is 1.76. The monoisotopic (exact) mass is 185 g/mol. The highest BCUT2D eigenvalue weighted by Crippen LogP contribution is 2.19. The molecule has 0 aliphatic heterocycles. The van der Waals surface area contributed by atoms with Gasteiger partial charge in [-0.3, -0.25) is 4.98 Å². The van der Waals surface area contributed by atoms with Gasteiger partial charge < -0.3 is 4.74 Å². The lowest BCUT2D eigenvalue weighted by atomic mass is 10.2. The number of halogens is 1. The number of hydrogen-bond acceptors (Lipinski definition) is 2. The number of hydrogen-bond donors (Lipinski definition) is 0. The summed E-state index contributed by atoms with van der Waals surface area (Å²) in [7, 11) is 0. The molecule has 0 spiro atoms. The van der Waals surface area contributed by atoms with Gasteiger partial charge in [0.05, 0.1) is 12.5 Å². The Bertz CT molecular complexity index is 263. The highest BCUT2D eigenvalue weighted by molar-refractivity contribution is 6.17. The van der Waals surface area contributed by atoms with Crippen molar-refractivity contribution in [1.82, 2.24) is 4.98 Å². The summed E-state index contributed by atoms with van der Waals surface area (Å²) >= 11 is 5.70. The lowest BCUT2D eigenvalue weighted by Crippen LogP contribution is -1.97. The summed E-state index contributed by atoms with van der Waals surface area (Å²) in [4.78, 5) is 4.13. The van der Waals surface area contributed by atoms with E-state index in [1.807, 2.05) is 19.9 Å². The summed E-state index contributed by atoms with van der Waals surface area (Å²) in [5.74, 6) is 1.29. The van der Waals surface area contributed by atoms with Crippen molar-refractivity contribution < 1.29 is 4.74 Å². The SMILES string of the molecule is CCOc1cc(C)ncc1CCl. The topological polar surface area (TPSA) is 22.1 Å². The van der Waals surface area contributed by atoms with Crippen LogP contribution in [-0.2, 0) is 5.88 Å². The molecular formula is C9H12ClNO. The number of pyridine rings is 1. The molecule has 1 rings (SSSR count). The number of aromatic nitrogens is 1. The molecule has 1 aromatic heterocycles. The standard InChI is InChI=1S/C9H12ClNO/c1-3-12-9-4-7(2)11-6-8(9)5-10/h4,6H,3,5H2,1-2H3. The maximum atomic E-state index is 5.70. The van der Waals surface area contributed by atoms with Crippen molar-refractivity contribution in [2.75, 3.05) is 6.61 Å². The van der Waals surface area contributed by atoms with Crippen molar-refractivity contribution >= 4 is 11.6 Å². The van der Waals surface area contributed by atoms with Crippen LogP contribution >= 0.6 is 11.6 Å². The Hall–Kier alpha value is -0.760. The predicted octanol–water partition coefficient (Wildman–Crippen LogP) is 2.53. The molecule has 0 aromatic carbocycles. The fourth-order valence-electron chi connectivity index (χ4n) is 0.953. The third kappa shape index (κ3) is 2.11. The van der Waals surface area contributed by atoms with Gasteiger partial charge in [-0.1, -0.05) is 0 Å². The minimum atomic E-state index is 0.447. The van der Waals surface area contributed by atoms with Crippen molar-refractivity contribution in [1.29, 1.82) is 0 Å². The van der Waals surface area contributed by atoms with Gasteiger partial charge in [0.2, 0.25) is 0 Å². The molecule has 0 aliphatic rings. The van der Waals surface area contributed by atoms with Crippen molar-refractivity contribution in [3.63, 3.8) is 0 Å². The zero-order valence-corrected chi connectivity index (χ0v) is 8.06. The Balaban J connectivity index is 2.95. The second-order valence-electron chi connectivity index (χ2n) is 2.50. The lowest BCUT2D eigenvalue weighted by molar-refractivity contribution is 0.337. The van der Waals surface area contributed by atoms with E-state index in [9.17, 15) is 0 Å². The van der Waals surface area contributed by atoms with Crippen LogP contribution in [-0.4, -0.2) is 11.6 Å². The van der Waals surface area contributed by atoms with Crippen molar-refractivity contribution in [2.45, 2.75) is 19.7 Å². The first kappa shape index (κ1) is 9.33. The molecule has 0 bridgehead atoms. The van der Waals surface area contributed by atoms with Crippen LogP contribution in [0.5, 0.6) is 5.75 Å². The van der Waals surface area contributed by atoms with Gasteiger partial charge in [0.15, 0.2) is 0 Å². The Morgan fingerprint density at radius 1 is 1.58 bits per heavy atom. The quantitative estimate of drug-likeness (QED) is 0.676. The van der Waals surface area contributed by atoms with E-state index in [2.05, 4.69) is 4.98 Å². The zero-order valence-electron chi connectivity index (χ0n) is 7.30. The Labute approximate surface area is 77.5 Å². The van der Waals surface area contributed by atoms with E-state index >= 15 is 0 Å². The van der Waals surface area contributed by atoms with Crippen LogP contribution in [0.25, 0.3) is 0 Å². The van der Waals surface area contributed by atoms with Crippen LogP contribution in [0, 0.1) is 6.92 Å². The molecule has 0 aliphatic carbocycles. The smallest absolute Gasteiger partial charge is 0.127 e. The molecule has 0 unspecified atom stereocenters. The van der Waals surface area contributed by atoms with E-state index in [1.54, 1.807) is 6.20 Å². The Morgan fingerprint density at radius 2 is 2.33 bits per heavy atom. The lowest BCUT2D eigenvalue weighted by Gasteiger charge is -2.07. The van der Waals surface area contributed by atoms with Gasteiger partial charge in [-0.15, -0.1) is 11.6 Å². The van der Waals surface area contributed by atoms with E-state index in [1.165, 1.54) is 0 Å². The molecule has 0 N–H and O–H groups in total. The number of ether oxygens (including phenoxy) is 1. The Morgan fingerprint density at radius 3 is 2.92 bits per heavy atom. The van der Waals surface area contributed by atoms with E-state index in [-0.39, 0.29) is 0 Å². The minimum Gasteiger partial charge on any atom is -0.493 e. The molecule has 0 fully saturated rings. The highest BCUT2D eigenvalue weighted by Gasteiger charge is 2.02. The van der Waals surface area contributed by atoms with E-state index in [4.69, 9.17) is 16.3 Å². The predicted molar refractivity (Wildman–Crippen MR) is 49.7 cm³/mol. The van der Waals surface area contributed by atoms with Gasteiger partial charge in [-0.25, -0.2) is 0 Å². The number of aryl methyl sites for hydroxylation is 1. The van der Waals surface area contributed by atoms with Crippen molar-refractivity contribution in [2.24, 2.45) is 0 Å². The molecule has 66 valence electrons. The van der Waals surface area contributed by atoms with E-state index < -0.39 is 0 Å². The zero-order chi connectivity index (χ0) is 8.97. The molecule has 0 saturated carbocycles. The number of nitrogens with zero attached hydrogens (tertiary/aromatic N) is 1. The number of alkyl halides is 1. The second kappa shape index (κ2) is 4.31. The number of rotatable bonds is 3. The average Bonchev–Trinajstić information content (AvgIpc) is 2.05. The van der Waals surface area contributed by atoms with E-state index in [0.717, 1.165) is 17.0 Å². The minimum absolute atomic E-state index is 0.447. The first-order chi connectivity index (χ1) is 5.77. The van der Waals surface area contributed by atoms with Gasteiger partial charge >= 0.3 is 0 Å². The maximum absolute atomic E-state index is 5.70. The molecule has 1 heterocycles. The summed E-state index contributed by atoms with van der Waals surface area (Å²) in [5.41, 5.74) is 1.90. The summed E-state index contributed by atoms with van der Waals surface area (Å²) < 4.78 is 5.38. The molecule has 3 heteroatoms. The van der Waals surface area contributed by atoms with Gasteiger partial charge in [0.25, 0.3) is 0 Å². The molecule has 2 nitrogen and oxygen atoms in total.